The van der Waals surface area contributed by atoms with Crippen molar-refractivity contribution in [3.63, 3.8) is 0 Å². The maximum Gasteiger partial charge on any atom is 0.433 e. The van der Waals surface area contributed by atoms with Gasteiger partial charge in [-0.05, 0) is 18.2 Å². The van der Waals surface area contributed by atoms with Crippen LogP contribution in [-0.4, -0.2) is 24.0 Å². The molecule has 0 fully saturated rings. The minimum Gasteiger partial charge on any atom is -0.492 e. The molecular formula is C13H11FN2O5. The lowest BCUT2D eigenvalue weighted by Crippen LogP contribution is -2.27. The number of amides is 1. The minimum atomic E-state index is -0.732. The van der Waals surface area contributed by atoms with Crippen LogP contribution in [0.25, 0.3) is 0 Å². The summed E-state index contributed by atoms with van der Waals surface area (Å²) in [6.07, 6.45) is 0. The molecule has 2 rings (SSSR count). The van der Waals surface area contributed by atoms with E-state index in [0.717, 1.165) is 6.07 Å². The fraction of sp³-hybridized carbons (Fsp3) is 0.154. The van der Waals surface area contributed by atoms with E-state index in [1.807, 2.05) is 0 Å². The molecule has 0 bridgehead atoms. The summed E-state index contributed by atoms with van der Waals surface area (Å²) in [6.45, 7) is 0.266. The van der Waals surface area contributed by atoms with Crippen LogP contribution in [0.3, 0.4) is 0 Å². The van der Waals surface area contributed by atoms with Crippen molar-refractivity contribution in [2.24, 2.45) is 0 Å². The van der Waals surface area contributed by atoms with Crippen molar-refractivity contribution in [1.29, 1.82) is 0 Å². The zero-order valence-corrected chi connectivity index (χ0v) is 10.7. The standard InChI is InChI=1S/C13H11FN2O5/c14-9-2-1-3-10(8-9)20-7-6-15-13(17)11-4-5-12(21-11)16(18)19/h1-5,8H,6-7H2,(H,15,17). The molecule has 0 aliphatic heterocycles. The van der Waals surface area contributed by atoms with Crippen LogP contribution in [-0.2, 0) is 0 Å². The zero-order valence-electron chi connectivity index (χ0n) is 10.7. The largest absolute Gasteiger partial charge is 0.492 e. The van der Waals surface area contributed by atoms with Gasteiger partial charge in [0.1, 0.15) is 23.1 Å². The maximum atomic E-state index is 12.9. The van der Waals surface area contributed by atoms with Gasteiger partial charge in [0.15, 0.2) is 5.76 Å². The number of carbonyl (C=O) groups excluding carboxylic acids is 1. The quantitative estimate of drug-likeness (QED) is 0.500. The maximum absolute atomic E-state index is 12.9. The molecule has 0 saturated carbocycles. The first-order valence-electron chi connectivity index (χ1n) is 5.97. The number of ether oxygens (including phenoxy) is 1. The summed E-state index contributed by atoms with van der Waals surface area (Å²) in [6, 6.07) is 7.90. The molecule has 21 heavy (non-hydrogen) atoms. The predicted octanol–water partition coefficient (Wildman–Crippen LogP) is 2.14. The number of benzene rings is 1. The Morgan fingerprint density at radius 1 is 1.38 bits per heavy atom. The monoisotopic (exact) mass is 294 g/mol. The third-order valence-electron chi connectivity index (χ3n) is 2.45. The fourth-order valence-corrected chi connectivity index (χ4v) is 1.53. The van der Waals surface area contributed by atoms with Crippen molar-refractivity contribution in [2.45, 2.75) is 0 Å². The molecule has 1 aromatic carbocycles. The summed E-state index contributed by atoms with van der Waals surface area (Å²) in [4.78, 5) is 21.3. The third-order valence-corrected chi connectivity index (χ3v) is 2.45. The lowest BCUT2D eigenvalue weighted by Gasteiger charge is -2.06. The predicted molar refractivity (Wildman–Crippen MR) is 69.6 cm³/mol. The van der Waals surface area contributed by atoms with E-state index < -0.39 is 22.5 Å². The molecule has 0 unspecified atom stereocenters. The van der Waals surface area contributed by atoms with Crippen LogP contribution in [0.15, 0.2) is 40.8 Å². The topological polar surface area (TPSA) is 94.6 Å². The second-order valence-electron chi connectivity index (χ2n) is 3.96. The van der Waals surface area contributed by atoms with Crippen LogP contribution in [0.2, 0.25) is 0 Å². The molecule has 2 aromatic rings. The Balaban J connectivity index is 1.77. The van der Waals surface area contributed by atoms with Gasteiger partial charge in [0.2, 0.25) is 0 Å². The summed E-state index contributed by atoms with van der Waals surface area (Å²) in [5.74, 6) is -1.33. The summed E-state index contributed by atoms with van der Waals surface area (Å²) >= 11 is 0. The van der Waals surface area contributed by atoms with Crippen LogP contribution in [0.5, 0.6) is 5.75 Å². The fourth-order valence-electron chi connectivity index (χ4n) is 1.53. The van der Waals surface area contributed by atoms with Crippen molar-refractivity contribution >= 4 is 11.8 Å². The SMILES string of the molecule is O=C(NCCOc1cccc(F)c1)c1ccc([N+](=O)[O-])o1. The van der Waals surface area contributed by atoms with Crippen LogP contribution < -0.4 is 10.1 Å². The Hall–Kier alpha value is -2.90. The van der Waals surface area contributed by atoms with Gasteiger partial charge in [-0.15, -0.1) is 0 Å². The molecule has 0 atom stereocenters. The zero-order chi connectivity index (χ0) is 15.2. The van der Waals surface area contributed by atoms with Gasteiger partial charge in [-0.2, -0.15) is 0 Å². The van der Waals surface area contributed by atoms with Gasteiger partial charge in [-0.25, -0.2) is 4.39 Å². The van der Waals surface area contributed by atoms with E-state index in [1.54, 1.807) is 6.07 Å². The molecule has 110 valence electrons. The van der Waals surface area contributed by atoms with Gasteiger partial charge in [-0.1, -0.05) is 6.07 Å². The van der Waals surface area contributed by atoms with Gasteiger partial charge >= 0.3 is 5.88 Å². The molecular weight excluding hydrogens is 283 g/mol. The highest BCUT2D eigenvalue weighted by molar-refractivity contribution is 5.91. The highest BCUT2D eigenvalue weighted by Crippen LogP contribution is 2.15. The Kier molecular flexibility index (Phi) is 4.50. The summed E-state index contributed by atoms with van der Waals surface area (Å²) in [5.41, 5.74) is 0. The molecule has 1 amide bonds. The van der Waals surface area contributed by atoms with Crippen molar-refractivity contribution in [1.82, 2.24) is 5.32 Å². The van der Waals surface area contributed by atoms with Crippen molar-refractivity contribution < 1.29 is 23.3 Å². The molecule has 0 saturated heterocycles. The number of carbonyl (C=O) groups is 1. The molecule has 0 spiro atoms. The van der Waals surface area contributed by atoms with Crippen molar-refractivity contribution in [3.8, 4) is 5.75 Å². The number of furan rings is 1. The van der Waals surface area contributed by atoms with E-state index in [2.05, 4.69) is 5.32 Å². The number of rotatable bonds is 6. The molecule has 1 heterocycles. The molecule has 7 nitrogen and oxygen atoms in total. The number of hydrogen-bond donors (Lipinski definition) is 1. The Bertz CT molecular complexity index is 656. The average molecular weight is 294 g/mol. The Morgan fingerprint density at radius 2 is 2.19 bits per heavy atom. The van der Waals surface area contributed by atoms with E-state index in [4.69, 9.17) is 9.15 Å². The van der Waals surface area contributed by atoms with Crippen molar-refractivity contribution in [2.75, 3.05) is 13.2 Å². The number of nitrogens with zero attached hydrogens (tertiary/aromatic N) is 1. The Labute approximate surface area is 118 Å². The van der Waals surface area contributed by atoms with Gasteiger partial charge in [0.25, 0.3) is 5.91 Å². The smallest absolute Gasteiger partial charge is 0.433 e. The van der Waals surface area contributed by atoms with Crippen molar-refractivity contribution in [3.05, 3.63) is 58.1 Å². The molecule has 8 heteroatoms. The lowest BCUT2D eigenvalue weighted by atomic mass is 10.3. The number of hydrogen-bond acceptors (Lipinski definition) is 5. The highest BCUT2D eigenvalue weighted by atomic mass is 19.1. The van der Waals surface area contributed by atoms with E-state index in [0.29, 0.717) is 5.75 Å². The van der Waals surface area contributed by atoms with Gasteiger partial charge in [0.05, 0.1) is 12.6 Å². The molecule has 1 aromatic heterocycles. The normalized spacial score (nSPS) is 10.1. The van der Waals surface area contributed by atoms with Crippen LogP contribution in [0, 0.1) is 15.9 Å². The first-order valence-corrected chi connectivity index (χ1v) is 5.97. The first-order chi connectivity index (χ1) is 10.1. The van der Waals surface area contributed by atoms with Crippen LogP contribution in [0.4, 0.5) is 10.3 Å². The highest BCUT2D eigenvalue weighted by Gasteiger charge is 2.16. The third kappa shape index (κ3) is 4.03. The molecule has 0 aliphatic rings. The van der Waals surface area contributed by atoms with Gasteiger partial charge < -0.3 is 14.5 Å². The number of nitrogens with one attached hydrogen (secondary N) is 1. The van der Waals surface area contributed by atoms with Gasteiger partial charge in [0, 0.05) is 6.07 Å². The first kappa shape index (κ1) is 14.5. The van der Waals surface area contributed by atoms with Crippen LogP contribution >= 0.6 is 0 Å². The van der Waals surface area contributed by atoms with E-state index in [1.165, 1.54) is 24.3 Å². The van der Waals surface area contributed by atoms with Crippen LogP contribution in [0.1, 0.15) is 10.6 Å². The molecule has 1 N–H and O–H groups in total. The average Bonchev–Trinajstić information content (AvgIpc) is 2.93. The number of nitro groups is 1. The molecule has 0 aliphatic carbocycles. The Morgan fingerprint density at radius 3 is 2.86 bits per heavy atom. The van der Waals surface area contributed by atoms with Gasteiger partial charge in [-0.3, -0.25) is 14.9 Å². The minimum absolute atomic E-state index is 0.123. The second-order valence-corrected chi connectivity index (χ2v) is 3.96. The van der Waals surface area contributed by atoms with E-state index >= 15 is 0 Å². The number of halogens is 1. The molecule has 0 radical (unpaired) electrons. The summed E-state index contributed by atoms with van der Waals surface area (Å²) < 4.78 is 22.8. The summed E-state index contributed by atoms with van der Waals surface area (Å²) in [5, 5.41) is 12.9. The second kappa shape index (κ2) is 6.51. The summed E-state index contributed by atoms with van der Waals surface area (Å²) in [7, 11) is 0. The lowest BCUT2D eigenvalue weighted by molar-refractivity contribution is -0.402. The van der Waals surface area contributed by atoms with E-state index in [-0.39, 0.29) is 18.9 Å². The van der Waals surface area contributed by atoms with E-state index in [9.17, 15) is 19.3 Å².